The van der Waals surface area contributed by atoms with Crippen molar-refractivity contribution in [1.82, 2.24) is 4.90 Å². The number of hydrogen-bond acceptors (Lipinski definition) is 4. The lowest BCUT2D eigenvalue weighted by Gasteiger charge is -2.26. The van der Waals surface area contributed by atoms with E-state index in [1.807, 2.05) is 32.0 Å². The molecule has 1 saturated heterocycles. The molecule has 1 aliphatic rings. The van der Waals surface area contributed by atoms with Crippen molar-refractivity contribution in [3.05, 3.63) is 29.3 Å². The Morgan fingerprint density at radius 2 is 2.11 bits per heavy atom. The van der Waals surface area contributed by atoms with E-state index in [1.54, 1.807) is 0 Å². The van der Waals surface area contributed by atoms with Crippen LogP contribution in [0.1, 0.15) is 22.8 Å². The smallest absolute Gasteiger partial charge is 0.180 e. The van der Waals surface area contributed by atoms with E-state index >= 15 is 0 Å². The molecule has 0 N–H and O–H groups in total. The van der Waals surface area contributed by atoms with E-state index < -0.39 is 0 Å². The predicted molar refractivity (Wildman–Crippen MR) is 73.9 cm³/mol. The van der Waals surface area contributed by atoms with Gasteiger partial charge in [-0.15, -0.1) is 0 Å². The first kappa shape index (κ1) is 14.0. The third kappa shape index (κ3) is 3.78. The molecule has 1 fully saturated rings. The first-order valence-electron chi connectivity index (χ1n) is 6.77. The van der Waals surface area contributed by atoms with Crippen LogP contribution in [-0.2, 0) is 4.74 Å². The van der Waals surface area contributed by atoms with Crippen molar-refractivity contribution in [1.29, 1.82) is 0 Å². The molecular formula is C15H21NO3. The zero-order valence-electron chi connectivity index (χ0n) is 11.6. The van der Waals surface area contributed by atoms with Crippen LogP contribution in [0.3, 0.4) is 0 Å². The van der Waals surface area contributed by atoms with Crippen molar-refractivity contribution in [2.45, 2.75) is 13.8 Å². The Morgan fingerprint density at radius 3 is 2.79 bits per heavy atom. The van der Waals surface area contributed by atoms with Gasteiger partial charge < -0.3 is 9.47 Å². The summed E-state index contributed by atoms with van der Waals surface area (Å²) in [5, 5.41) is 0. The van der Waals surface area contributed by atoms with Crippen LogP contribution in [0.4, 0.5) is 0 Å². The van der Waals surface area contributed by atoms with Crippen molar-refractivity contribution in [2.24, 2.45) is 0 Å². The maximum atomic E-state index is 12.4. The second-order valence-corrected chi connectivity index (χ2v) is 4.74. The standard InChI is InChI=1S/C15H21NO3/c1-3-19-15-5-4-12(2)10-13(15)14(17)11-16-6-8-18-9-7-16/h4-5,10H,3,6-9,11H2,1-2H3. The average molecular weight is 263 g/mol. The number of morpholine rings is 1. The summed E-state index contributed by atoms with van der Waals surface area (Å²) in [5.41, 5.74) is 1.77. The lowest BCUT2D eigenvalue weighted by atomic mass is 10.1. The fourth-order valence-electron chi connectivity index (χ4n) is 2.19. The van der Waals surface area contributed by atoms with Gasteiger partial charge in [-0.05, 0) is 26.0 Å². The number of carbonyl (C=O) groups excluding carboxylic acids is 1. The van der Waals surface area contributed by atoms with Crippen LogP contribution in [0, 0.1) is 6.92 Å². The highest BCUT2D eigenvalue weighted by molar-refractivity contribution is 6.00. The number of Topliss-reactive ketones (excluding diaryl/α,β-unsaturated/α-hetero) is 1. The average Bonchev–Trinajstić information content (AvgIpc) is 2.42. The van der Waals surface area contributed by atoms with Gasteiger partial charge in [-0.25, -0.2) is 0 Å². The minimum atomic E-state index is 0.119. The maximum Gasteiger partial charge on any atom is 0.180 e. The quantitative estimate of drug-likeness (QED) is 0.761. The van der Waals surface area contributed by atoms with Gasteiger partial charge in [0.15, 0.2) is 5.78 Å². The molecule has 1 aliphatic heterocycles. The van der Waals surface area contributed by atoms with Crippen LogP contribution < -0.4 is 4.74 Å². The molecule has 104 valence electrons. The molecule has 4 heteroatoms. The molecule has 0 unspecified atom stereocenters. The molecule has 4 nitrogen and oxygen atoms in total. The highest BCUT2D eigenvalue weighted by atomic mass is 16.5. The Morgan fingerprint density at radius 1 is 1.37 bits per heavy atom. The molecular weight excluding hydrogens is 242 g/mol. The number of carbonyl (C=O) groups is 1. The molecule has 0 radical (unpaired) electrons. The fourth-order valence-corrected chi connectivity index (χ4v) is 2.19. The summed E-state index contributed by atoms with van der Waals surface area (Å²) in [6, 6.07) is 5.76. The number of hydrogen-bond donors (Lipinski definition) is 0. The van der Waals surface area contributed by atoms with Crippen LogP contribution in [0.15, 0.2) is 18.2 Å². The summed E-state index contributed by atoms with van der Waals surface area (Å²) < 4.78 is 10.8. The molecule has 0 atom stereocenters. The molecule has 19 heavy (non-hydrogen) atoms. The Balaban J connectivity index is 2.10. The lowest BCUT2D eigenvalue weighted by Crippen LogP contribution is -2.39. The molecule has 0 aliphatic carbocycles. The van der Waals surface area contributed by atoms with E-state index in [1.165, 1.54) is 0 Å². The van der Waals surface area contributed by atoms with Crippen LogP contribution in [0.25, 0.3) is 0 Å². The summed E-state index contributed by atoms with van der Waals surface area (Å²) >= 11 is 0. The number of ketones is 1. The minimum absolute atomic E-state index is 0.119. The van der Waals surface area contributed by atoms with Crippen molar-refractivity contribution in [3.63, 3.8) is 0 Å². The van der Waals surface area contributed by atoms with Crippen LogP contribution >= 0.6 is 0 Å². The zero-order chi connectivity index (χ0) is 13.7. The molecule has 0 aromatic heterocycles. The van der Waals surface area contributed by atoms with Gasteiger partial charge in [0.1, 0.15) is 5.75 Å². The molecule has 1 aromatic carbocycles. The lowest BCUT2D eigenvalue weighted by molar-refractivity contribution is 0.0370. The van der Waals surface area contributed by atoms with Crippen LogP contribution in [0.5, 0.6) is 5.75 Å². The maximum absolute atomic E-state index is 12.4. The molecule has 2 rings (SSSR count). The monoisotopic (exact) mass is 263 g/mol. The second-order valence-electron chi connectivity index (χ2n) is 4.74. The normalized spacial score (nSPS) is 16.3. The van der Waals surface area contributed by atoms with Gasteiger partial charge in [0.05, 0.1) is 31.9 Å². The zero-order valence-corrected chi connectivity index (χ0v) is 11.6. The van der Waals surface area contributed by atoms with E-state index in [0.29, 0.717) is 37.7 Å². The van der Waals surface area contributed by atoms with E-state index in [2.05, 4.69) is 4.90 Å². The Hall–Kier alpha value is -1.39. The highest BCUT2D eigenvalue weighted by Gasteiger charge is 2.18. The molecule has 0 saturated carbocycles. The van der Waals surface area contributed by atoms with Crippen molar-refractivity contribution >= 4 is 5.78 Å². The SMILES string of the molecule is CCOc1ccc(C)cc1C(=O)CN1CCOCC1. The number of aryl methyl sites for hydroxylation is 1. The number of benzene rings is 1. The van der Waals surface area contributed by atoms with Crippen molar-refractivity contribution < 1.29 is 14.3 Å². The van der Waals surface area contributed by atoms with Crippen LogP contribution in [0.2, 0.25) is 0 Å². The second kappa shape index (κ2) is 6.68. The van der Waals surface area contributed by atoms with Gasteiger partial charge in [0, 0.05) is 13.1 Å². The third-order valence-electron chi connectivity index (χ3n) is 3.21. The Kier molecular flexibility index (Phi) is 4.93. The first-order valence-corrected chi connectivity index (χ1v) is 6.77. The van der Waals surface area contributed by atoms with E-state index in [-0.39, 0.29) is 5.78 Å². The number of nitrogens with zero attached hydrogens (tertiary/aromatic N) is 1. The molecule has 0 bridgehead atoms. The molecule has 1 heterocycles. The van der Waals surface area contributed by atoms with Gasteiger partial charge in [-0.1, -0.05) is 11.6 Å². The fraction of sp³-hybridized carbons (Fsp3) is 0.533. The van der Waals surface area contributed by atoms with Crippen LogP contribution in [-0.4, -0.2) is 50.1 Å². The van der Waals surface area contributed by atoms with Gasteiger partial charge in [-0.3, -0.25) is 9.69 Å². The summed E-state index contributed by atoms with van der Waals surface area (Å²) in [6.07, 6.45) is 0. The summed E-state index contributed by atoms with van der Waals surface area (Å²) in [7, 11) is 0. The predicted octanol–water partition coefficient (Wildman–Crippen LogP) is 1.91. The minimum Gasteiger partial charge on any atom is -0.493 e. The topological polar surface area (TPSA) is 38.8 Å². The largest absolute Gasteiger partial charge is 0.493 e. The number of ether oxygens (including phenoxy) is 2. The Labute approximate surface area is 114 Å². The third-order valence-corrected chi connectivity index (χ3v) is 3.21. The van der Waals surface area contributed by atoms with E-state index in [4.69, 9.17) is 9.47 Å². The van der Waals surface area contributed by atoms with E-state index in [9.17, 15) is 4.79 Å². The van der Waals surface area contributed by atoms with Gasteiger partial charge in [-0.2, -0.15) is 0 Å². The van der Waals surface area contributed by atoms with Gasteiger partial charge in [0.25, 0.3) is 0 Å². The summed E-state index contributed by atoms with van der Waals surface area (Å²) in [6.45, 7) is 7.98. The number of rotatable bonds is 5. The van der Waals surface area contributed by atoms with Gasteiger partial charge >= 0.3 is 0 Å². The summed E-state index contributed by atoms with van der Waals surface area (Å²) in [4.78, 5) is 14.5. The van der Waals surface area contributed by atoms with Gasteiger partial charge in [0.2, 0.25) is 0 Å². The summed E-state index contributed by atoms with van der Waals surface area (Å²) in [5.74, 6) is 0.806. The first-order chi connectivity index (χ1) is 9.20. The van der Waals surface area contributed by atoms with Crippen molar-refractivity contribution in [3.8, 4) is 5.75 Å². The molecule has 0 amide bonds. The van der Waals surface area contributed by atoms with E-state index in [0.717, 1.165) is 18.7 Å². The van der Waals surface area contributed by atoms with Crippen molar-refractivity contribution in [2.75, 3.05) is 39.5 Å². The highest BCUT2D eigenvalue weighted by Crippen LogP contribution is 2.21. The molecule has 1 aromatic rings. The molecule has 0 spiro atoms. The Bertz CT molecular complexity index is 439.